The zero-order valence-electron chi connectivity index (χ0n) is 24.4. The predicted molar refractivity (Wildman–Crippen MR) is 151 cm³/mol. The number of nitrogens with zero attached hydrogens (tertiary/aromatic N) is 5. The molecule has 2 aliphatic heterocycles. The van der Waals surface area contributed by atoms with Crippen molar-refractivity contribution < 1.29 is 23.8 Å². The summed E-state index contributed by atoms with van der Waals surface area (Å²) in [5.74, 6) is 1.91. The summed E-state index contributed by atoms with van der Waals surface area (Å²) in [6, 6.07) is 3.42. The van der Waals surface area contributed by atoms with Crippen LogP contribution >= 0.6 is 0 Å². The molecular weight excluding hydrogens is 512 g/mol. The molecule has 0 spiro atoms. The van der Waals surface area contributed by atoms with E-state index in [0.29, 0.717) is 50.1 Å². The maximum atomic E-state index is 14.3. The largest absolute Gasteiger partial charge is 0.467 e. The molecule has 4 rings (SSSR count). The van der Waals surface area contributed by atoms with Crippen LogP contribution in [0, 0.1) is 11.8 Å². The number of carboxylic acid groups (broad SMARTS) is 1. The average molecular weight is 557 g/mol. The van der Waals surface area contributed by atoms with Gasteiger partial charge in [0.15, 0.2) is 0 Å². The summed E-state index contributed by atoms with van der Waals surface area (Å²) in [7, 11) is 0. The van der Waals surface area contributed by atoms with Gasteiger partial charge in [-0.3, -0.25) is 9.69 Å². The van der Waals surface area contributed by atoms with Gasteiger partial charge in [-0.15, -0.1) is 0 Å². The van der Waals surface area contributed by atoms with Crippen molar-refractivity contribution in [1.82, 2.24) is 24.7 Å². The number of ether oxygens (including phenoxy) is 1. The average Bonchev–Trinajstić information content (AvgIpc) is 3.43. The number of hydrogen-bond donors (Lipinski definition) is 2. The molecular formula is C29H44N6O5. The summed E-state index contributed by atoms with van der Waals surface area (Å²) in [6.45, 7) is 15.7. The van der Waals surface area contributed by atoms with Gasteiger partial charge >= 0.3 is 6.09 Å². The van der Waals surface area contributed by atoms with Crippen LogP contribution in [0.5, 0.6) is 0 Å². The number of rotatable bonds is 9. The second kappa shape index (κ2) is 13.0. The van der Waals surface area contributed by atoms with Crippen LogP contribution in [0.2, 0.25) is 0 Å². The molecule has 0 aliphatic carbocycles. The third-order valence-corrected chi connectivity index (χ3v) is 7.37. The fraction of sp³-hybridized carbons (Fsp3) is 0.655. The molecule has 2 aromatic heterocycles. The van der Waals surface area contributed by atoms with Crippen molar-refractivity contribution in [3.63, 3.8) is 0 Å². The Labute approximate surface area is 236 Å². The van der Waals surface area contributed by atoms with E-state index in [9.17, 15) is 14.7 Å². The summed E-state index contributed by atoms with van der Waals surface area (Å²) in [5.41, 5.74) is 0.0654. The molecule has 11 heteroatoms. The zero-order valence-corrected chi connectivity index (χ0v) is 24.4. The Morgan fingerprint density at radius 1 is 1.23 bits per heavy atom. The van der Waals surface area contributed by atoms with Gasteiger partial charge in [-0.05, 0) is 30.4 Å². The highest BCUT2D eigenvalue weighted by Crippen LogP contribution is 2.28. The van der Waals surface area contributed by atoms with Gasteiger partial charge in [-0.1, -0.05) is 34.6 Å². The smallest absolute Gasteiger partial charge is 0.407 e. The van der Waals surface area contributed by atoms with Gasteiger partial charge in [-0.25, -0.2) is 14.8 Å². The Balaban J connectivity index is 1.63. The molecule has 40 heavy (non-hydrogen) atoms. The first-order chi connectivity index (χ1) is 19.0. The second-order valence-electron chi connectivity index (χ2n) is 12.3. The highest BCUT2D eigenvalue weighted by Gasteiger charge is 2.37. The van der Waals surface area contributed by atoms with Crippen molar-refractivity contribution in [3.05, 3.63) is 41.7 Å². The van der Waals surface area contributed by atoms with Crippen LogP contribution in [0.15, 0.2) is 29.0 Å². The Morgan fingerprint density at radius 3 is 2.60 bits per heavy atom. The van der Waals surface area contributed by atoms with Crippen molar-refractivity contribution in [1.29, 1.82) is 0 Å². The van der Waals surface area contributed by atoms with Crippen molar-refractivity contribution in [2.24, 2.45) is 11.8 Å². The number of hydrogen-bond acceptors (Lipinski definition) is 8. The molecule has 2 unspecified atom stereocenters. The number of carbonyl (C=O) groups excluding carboxylic acids is 1. The van der Waals surface area contributed by atoms with Crippen molar-refractivity contribution in [3.8, 4) is 0 Å². The van der Waals surface area contributed by atoms with Crippen LogP contribution in [-0.2, 0) is 16.7 Å². The van der Waals surface area contributed by atoms with E-state index in [4.69, 9.17) is 14.1 Å². The fourth-order valence-corrected chi connectivity index (χ4v) is 5.40. The number of amides is 2. The summed E-state index contributed by atoms with van der Waals surface area (Å²) >= 11 is 0. The predicted octanol–water partition coefficient (Wildman–Crippen LogP) is 3.78. The fourth-order valence-electron chi connectivity index (χ4n) is 5.40. The number of aromatic nitrogens is 2. The third-order valence-electron chi connectivity index (χ3n) is 7.37. The molecule has 0 saturated carbocycles. The lowest BCUT2D eigenvalue weighted by atomic mass is 9.91. The number of piperidine rings is 1. The Kier molecular flexibility index (Phi) is 9.68. The molecule has 0 bridgehead atoms. The van der Waals surface area contributed by atoms with Gasteiger partial charge < -0.3 is 29.4 Å². The molecule has 11 nitrogen and oxygen atoms in total. The molecule has 2 aromatic rings. The first-order valence-corrected chi connectivity index (χ1v) is 14.2. The maximum absolute atomic E-state index is 14.3. The van der Waals surface area contributed by atoms with Crippen LogP contribution < -0.4 is 5.32 Å². The number of anilines is 1. The summed E-state index contributed by atoms with van der Waals surface area (Å²) in [6.07, 6.45) is 3.00. The van der Waals surface area contributed by atoms with Gasteiger partial charge in [0.05, 0.1) is 32.1 Å². The third kappa shape index (κ3) is 7.72. The Morgan fingerprint density at radius 2 is 1.98 bits per heavy atom. The first kappa shape index (κ1) is 29.8. The normalized spacial score (nSPS) is 20.5. The quantitative estimate of drug-likeness (QED) is 0.475. The summed E-state index contributed by atoms with van der Waals surface area (Å²) in [5, 5.41) is 13.3. The van der Waals surface area contributed by atoms with E-state index in [-0.39, 0.29) is 35.7 Å². The molecule has 220 valence electrons. The van der Waals surface area contributed by atoms with Crippen LogP contribution in [0.25, 0.3) is 0 Å². The van der Waals surface area contributed by atoms with Gasteiger partial charge in [0, 0.05) is 50.9 Å². The Hall–Kier alpha value is -3.18. The summed E-state index contributed by atoms with van der Waals surface area (Å²) in [4.78, 5) is 41.4. The van der Waals surface area contributed by atoms with Crippen LogP contribution in [-0.4, -0.2) is 100 Å². The second-order valence-corrected chi connectivity index (χ2v) is 12.3. The van der Waals surface area contributed by atoms with Crippen molar-refractivity contribution in [2.75, 3.05) is 57.8 Å². The van der Waals surface area contributed by atoms with Crippen LogP contribution in [0.4, 0.5) is 10.6 Å². The van der Waals surface area contributed by atoms with E-state index in [2.05, 4.69) is 29.0 Å². The molecule has 2 amide bonds. The van der Waals surface area contributed by atoms with Crippen LogP contribution in [0.1, 0.15) is 63.0 Å². The molecule has 0 radical (unpaired) electrons. The lowest BCUT2D eigenvalue weighted by molar-refractivity contribution is 0.0103. The van der Waals surface area contributed by atoms with Gasteiger partial charge in [0.1, 0.15) is 23.0 Å². The highest BCUT2D eigenvalue weighted by molar-refractivity contribution is 5.98. The Bertz CT molecular complexity index is 1130. The monoisotopic (exact) mass is 556 g/mol. The van der Waals surface area contributed by atoms with Gasteiger partial charge in [-0.2, -0.15) is 0 Å². The number of carbonyl (C=O) groups is 2. The minimum absolute atomic E-state index is 0.117. The minimum atomic E-state index is -0.952. The van der Waals surface area contributed by atoms with E-state index in [1.54, 1.807) is 12.5 Å². The molecule has 2 saturated heterocycles. The van der Waals surface area contributed by atoms with E-state index in [0.717, 1.165) is 31.8 Å². The van der Waals surface area contributed by atoms with Gasteiger partial charge in [0.2, 0.25) is 0 Å². The van der Waals surface area contributed by atoms with E-state index < -0.39 is 6.09 Å². The standard InChI is InChI=1S/C29H44N6O5/c1-20(2)16-35(22-13-21(18-34(19-22)28(37)38)17-33-8-11-39-12-9-33)26(36)24-15-31-27(29(3,4)5)32-25(24)30-14-23-7-6-10-40-23/h6-7,10,15,20-22H,8-9,11-14,16-19H2,1-5H3,(H,37,38)(H,30,31,32). The first-order valence-electron chi connectivity index (χ1n) is 14.2. The highest BCUT2D eigenvalue weighted by atomic mass is 16.5. The lowest BCUT2D eigenvalue weighted by Crippen LogP contribution is -2.56. The molecule has 0 aromatic carbocycles. The van der Waals surface area contributed by atoms with Crippen LogP contribution in [0.3, 0.4) is 0 Å². The van der Waals surface area contributed by atoms with E-state index >= 15 is 0 Å². The topological polar surface area (TPSA) is 124 Å². The number of morpholine rings is 1. The van der Waals surface area contributed by atoms with Crippen molar-refractivity contribution in [2.45, 2.75) is 59.0 Å². The molecule has 2 fully saturated rings. The molecule has 2 atom stereocenters. The molecule has 2 N–H and O–H groups in total. The number of nitrogens with one attached hydrogen (secondary N) is 1. The minimum Gasteiger partial charge on any atom is -0.467 e. The lowest BCUT2D eigenvalue weighted by Gasteiger charge is -2.44. The summed E-state index contributed by atoms with van der Waals surface area (Å²) < 4.78 is 11.0. The van der Waals surface area contributed by atoms with Gasteiger partial charge in [0.25, 0.3) is 5.91 Å². The maximum Gasteiger partial charge on any atom is 0.407 e. The SMILES string of the molecule is CC(C)CN(C(=O)c1cnc(C(C)(C)C)nc1NCc1ccco1)C1CC(CN2CCOCC2)CN(C(=O)O)C1. The van der Waals surface area contributed by atoms with E-state index in [1.807, 2.05) is 37.8 Å². The number of furan rings is 1. The van der Waals surface area contributed by atoms with E-state index in [1.165, 1.54) is 4.90 Å². The van der Waals surface area contributed by atoms with Crippen molar-refractivity contribution >= 4 is 17.8 Å². The zero-order chi connectivity index (χ0) is 28.9. The number of likely N-dealkylation sites (tertiary alicyclic amines) is 1. The molecule has 4 heterocycles. The molecule has 2 aliphatic rings.